The van der Waals surface area contributed by atoms with E-state index in [1.807, 2.05) is 0 Å². The molecule has 0 bridgehead atoms. The lowest BCUT2D eigenvalue weighted by Gasteiger charge is -2.31. The Morgan fingerprint density at radius 1 is 0.455 bits per heavy atom. The summed E-state index contributed by atoms with van der Waals surface area (Å²) in [6, 6.07) is 70.2. The van der Waals surface area contributed by atoms with Crippen LogP contribution in [-0.4, -0.2) is 0 Å². The third kappa shape index (κ3) is 5.61. The fraction of sp³-hybridized carbons (Fsp3) is 0.125. The van der Waals surface area contributed by atoms with Crippen molar-refractivity contribution in [3.63, 3.8) is 0 Å². The van der Waals surface area contributed by atoms with Crippen LogP contribution >= 0.6 is 0 Å². The second-order valence-corrected chi connectivity index (χ2v) is 19.5. The molecule has 10 aromatic rings. The molecule has 9 aromatic carbocycles. The summed E-state index contributed by atoms with van der Waals surface area (Å²) in [5.41, 5.74) is 25.6. The highest BCUT2D eigenvalue weighted by atomic mass is 16.3. The maximum absolute atomic E-state index is 6.68. The summed E-state index contributed by atoms with van der Waals surface area (Å²) >= 11 is 0. The molecule has 0 saturated heterocycles. The van der Waals surface area contributed by atoms with Gasteiger partial charge in [-0.15, -0.1) is 0 Å². The molecule has 1 heterocycles. The monoisotopic (exact) mass is 847 g/mol. The summed E-state index contributed by atoms with van der Waals surface area (Å²) in [6.07, 6.45) is 6.54. The highest BCUT2D eigenvalue weighted by Gasteiger charge is 2.38. The Hall–Kier alpha value is -7.68. The Balaban J connectivity index is 1.01. The minimum absolute atomic E-state index is 0.112. The highest BCUT2D eigenvalue weighted by Crippen LogP contribution is 2.55. The number of anilines is 3. The van der Waals surface area contributed by atoms with Crippen molar-refractivity contribution in [1.29, 1.82) is 0 Å². The van der Waals surface area contributed by atoms with E-state index in [2.05, 4.69) is 233 Å². The molecule has 0 saturated carbocycles. The largest absolute Gasteiger partial charge is 0.456 e. The number of aryl methyl sites for hydroxylation is 1. The summed E-state index contributed by atoms with van der Waals surface area (Å²) in [4.78, 5) is 2.50. The van der Waals surface area contributed by atoms with Crippen LogP contribution in [0.25, 0.3) is 83.6 Å². The third-order valence-electron chi connectivity index (χ3n) is 15.2. The lowest BCUT2D eigenvalue weighted by atomic mass is 9.81. The molecule has 2 nitrogen and oxygen atoms in total. The Kier molecular flexibility index (Phi) is 8.46. The number of fused-ring (bicyclic) bond motifs is 11. The van der Waals surface area contributed by atoms with Gasteiger partial charge in [0.05, 0.1) is 11.4 Å². The van der Waals surface area contributed by atoms with Crippen LogP contribution in [0.2, 0.25) is 0 Å². The Morgan fingerprint density at radius 2 is 1.05 bits per heavy atom. The van der Waals surface area contributed by atoms with Crippen LogP contribution in [0.3, 0.4) is 0 Å². The van der Waals surface area contributed by atoms with Gasteiger partial charge in [0.25, 0.3) is 0 Å². The van der Waals surface area contributed by atoms with Gasteiger partial charge in [0.1, 0.15) is 11.2 Å². The first-order valence-electron chi connectivity index (χ1n) is 23.5. The second kappa shape index (κ2) is 14.4. The van der Waals surface area contributed by atoms with Crippen LogP contribution in [0.4, 0.5) is 17.1 Å². The van der Waals surface area contributed by atoms with Crippen LogP contribution in [0, 0.1) is 0 Å². The van der Waals surface area contributed by atoms with E-state index in [-0.39, 0.29) is 10.8 Å². The maximum Gasteiger partial charge on any atom is 0.139 e. The van der Waals surface area contributed by atoms with Gasteiger partial charge in [0, 0.05) is 44.0 Å². The first kappa shape index (κ1) is 38.8. The number of furan rings is 1. The van der Waals surface area contributed by atoms with E-state index in [0.29, 0.717) is 0 Å². The Bertz CT molecular complexity index is 3650. The summed E-state index contributed by atoms with van der Waals surface area (Å²) in [5, 5.41) is 2.36. The molecule has 0 amide bonds. The molecule has 0 unspecified atom stereocenters. The van der Waals surface area contributed by atoms with Gasteiger partial charge in [0.2, 0.25) is 0 Å². The van der Waals surface area contributed by atoms with E-state index in [9.17, 15) is 0 Å². The minimum Gasteiger partial charge on any atom is -0.456 e. The molecule has 1 aromatic heterocycles. The molecule has 2 heteroatoms. The highest BCUT2D eigenvalue weighted by molar-refractivity contribution is 6.14. The first-order valence-corrected chi connectivity index (χ1v) is 23.5. The quantitative estimate of drug-likeness (QED) is 0.166. The second-order valence-electron chi connectivity index (χ2n) is 19.5. The standard InChI is InChI=1S/C64H49NO/c1-63(2)54-26-12-8-22-51(54)60-50(24-15-27-55(60)63)49-21-10-14-29-58(49)65(57-28-13-9-18-44(57)42-34-37-48-47-20-7-11-25-53(47)64(3,4)56(48)39-42)43-35-31-41(32-36-43)45-23-16-30-59-61(45)52-38-33-40-17-5-6-19-46(40)62(52)66-59/h5,7-18,20-39H,6,19H2,1-4H3. The van der Waals surface area contributed by atoms with Gasteiger partial charge in [-0.2, -0.15) is 0 Å². The third-order valence-corrected chi connectivity index (χ3v) is 15.2. The van der Waals surface area contributed by atoms with Gasteiger partial charge in [0.15, 0.2) is 0 Å². The smallest absolute Gasteiger partial charge is 0.139 e. The van der Waals surface area contributed by atoms with Gasteiger partial charge >= 0.3 is 0 Å². The van der Waals surface area contributed by atoms with Gasteiger partial charge < -0.3 is 9.32 Å². The van der Waals surface area contributed by atoms with E-state index in [1.165, 1.54) is 94.2 Å². The molecule has 3 aliphatic rings. The van der Waals surface area contributed by atoms with Crippen molar-refractivity contribution in [3.8, 4) is 55.6 Å². The van der Waals surface area contributed by atoms with Gasteiger partial charge in [-0.3, -0.25) is 0 Å². The number of hydrogen-bond acceptors (Lipinski definition) is 2. The van der Waals surface area contributed by atoms with Gasteiger partial charge in [-0.1, -0.05) is 185 Å². The van der Waals surface area contributed by atoms with Crippen molar-refractivity contribution in [3.05, 3.63) is 228 Å². The van der Waals surface area contributed by atoms with Crippen LogP contribution in [-0.2, 0) is 17.3 Å². The van der Waals surface area contributed by atoms with Crippen molar-refractivity contribution in [1.82, 2.24) is 0 Å². The number of benzene rings is 9. The van der Waals surface area contributed by atoms with Crippen LogP contribution in [0.1, 0.15) is 67.5 Å². The molecule has 3 aliphatic carbocycles. The molecule has 0 radical (unpaired) electrons. The predicted octanol–water partition coefficient (Wildman–Crippen LogP) is 17.6. The predicted molar refractivity (Wildman–Crippen MR) is 277 cm³/mol. The molecule has 0 atom stereocenters. The van der Waals surface area contributed by atoms with E-state index in [1.54, 1.807) is 0 Å². The molecular weight excluding hydrogens is 799 g/mol. The molecule has 66 heavy (non-hydrogen) atoms. The first-order chi connectivity index (χ1) is 32.3. The summed E-state index contributed by atoms with van der Waals surface area (Å²) in [7, 11) is 0. The van der Waals surface area contributed by atoms with Gasteiger partial charge in [-0.25, -0.2) is 0 Å². The SMILES string of the molecule is CC1(C)c2ccccc2-c2ccc(-c3ccccc3N(c3ccc(-c4cccc5oc6c7c(ccc6c45)C=CCC7)cc3)c3ccccc3-c3cccc4c3-c3ccccc3C4(C)C)cc21. The zero-order valence-electron chi connectivity index (χ0n) is 37.8. The van der Waals surface area contributed by atoms with Crippen LogP contribution in [0.5, 0.6) is 0 Å². The molecule has 0 N–H and O–H groups in total. The molecule has 13 rings (SSSR count). The zero-order chi connectivity index (χ0) is 44.3. The molecule has 0 fully saturated rings. The lowest BCUT2D eigenvalue weighted by Crippen LogP contribution is -2.15. The van der Waals surface area contributed by atoms with Crippen LogP contribution in [0.15, 0.2) is 199 Å². The number of rotatable bonds is 6. The lowest BCUT2D eigenvalue weighted by molar-refractivity contribution is 0.660. The minimum atomic E-state index is -0.115. The fourth-order valence-electron chi connectivity index (χ4n) is 11.9. The normalized spacial score (nSPS) is 14.7. The number of para-hydroxylation sites is 2. The Labute approximate surface area is 387 Å². The summed E-state index contributed by atoms with van der Waals surface area (Å²) < 4.78 is 6.68. The summed E-state index contributed by atoms with van der Waals surface area (Å²) in [5.74, 6) is 0. The molecular formula is C64H49NO. The van der Waals surface area contributed by atoms with E-state index < -0.39 is 0 Å². The van der Waals surface area contributed by atoms with Gasteiger partial charge in [-0.05, 0) is 128 Å². The topological polar surface area (TPSA) is 16.4 Å². The van der Waals surface area contributed by atoms with E-state index >= 15 is 0 Å². The van der Waals surface area contributed by atoms with Crippen molar-refractivity contribution in [2.45, 2.75) is 51.4 Å². The molecule has 316 valence electrons. The van der Waals surface area contributed by atoms with Crippen molar-refractivity contribution in [2.75, 3.05) is 4.90 Å². The Morgan fingerprint density at radius 3 is 1.85 bits per heavy atom. The zero-order valence-corrected chi connectivity index (χ0v) is 37.8. The molecule has 0 spiro atoms. The van der Waals surface area contributed by atoms with Crippen LogP contribution < -0.4 is 4.90 Å². The number of allylic oxidation sites excluding steroid dienone is 1. The maximum atomic E-state index is 6.68. The number of hydrogen-bond donors (Lipinski definition) is 0. The van der Waals surface area contributed by atoms with E-state index in [0.717, 1.165) is 46.6 Å². The summed E-state index contributed by atoms with van der Waals surface area (Å²) in [6.45, 7) is 9.47. The van der Waals surface area contributed by atoms with Crippen molar-refractivity contribution < 1.29 is 4.42 Å². The van der Waals surface area contributed by atoms with Crippen molar-refractivity contribution >= 4 is 45.1 Å². The van der Waals surface area contributed by atoms with E-state index in [4.69, 9.17) is 4.42 Å². The average molecular weight is 848 g/mol. The average Bonchev–Trinajstić information content (AvgIpc) is 3.95. The molecule has 0 aliphatic heterocycles. The number of nitrogens with zero attached hydrogens (tertiary/aromatic N) is 1. The van der Waals surface area contributed by atoms with Crippen molar-refractivity contribution in [2.24, 2.45) is 0 Å². The fourth-order valence-corrected chi connectivity index (χ4v) is 11.9.